The quantitative estimate of drug-likeness (QED) is 0.543. The molecule has 30 heavy (non-hydrogen) atoms. The molecule has 0 radical (unpaired) electrons. The summed E-state index contributed by atoms with van der Waals surface area (Å²) >= 11 is 0. The topological polar surface area (TPSA) is 94.8 Å². The van der Waals surface area contributed by atoms with Crippen LogP contribution in [0, 0.1) is 0 Å². The van der Waals surface area contributed by atoms with Gasteiger partial charge in [0.25, 0.3) is 5.89 Å². The van der Waals surface area contributed by atoms with Crippen molar-refractivity contribution >= 4 is 10.0 Å². The maximum Gasteiger partial charge on any atom is 0.252 e. The van der Waals surface area contributed by atoms with Crippen molar-refractivity contribution in [3.8, 4) is 5.75 Å². The van der Waals surface area contributed by atoms with E-state index in [1.807, 2.05) is 30.3 Å². The molecule has 1 unspecified atom stereocenters. The van der Waals surface area contributed by atoms with E-state index in [9.17, 15) is 8.42 Å². The zero-order valence-electron chi connectivity index (χ0n) is 16.6. The number of aromatic nitrogens is 2. The van der Waals surface area contributed by atoms with E-state index in [2.05, 4.69) is 10.1 Å². The molecule has 1 atom stereocenters. The molecule has 3 aromatic rings. The zero-order valence-corrected chi connectivity index (χ0v) is 17.4. The first-order valence-corrected chi connectivity index (χ1v) is 11.1. The van der Waals surface area contributed by atoms with Gasteiger partial charge in [-0.15, -0.1) is 0 Å². The van der Waals surface area contributed by atoms with Gasteiger partial charge in [0, 0.05) is 19.0 Å². The number of nitrogens with zero attached hydrogens (tertiary/aromatic N) is 3. The summed E-state index contributed by atoms with van der Waals surface area (Å²) in [6.45, 7) is 1.39. The monoisotopic (exact) mass is 429 g/mol. The van der Waals surface area contributed by atoms with Gasteiger partial charge in [0.1, 0.15) is 12.4 Å². The Morgan fingerprint density at radius 3 is 2.60 bits per heavy atom. The van der Waals surface area contributed by atoms with Crippen molar-refractivity contribution in [2.45, 2.75) is 30.4 Å². The molecule has 8 nitrogen and oxygen atoms in total. The third-order valence-corrected chi connectivity index (χ3v) is 6.91. The van der Waals surface area contributed by atoms with E-state index >= 15 is 0 Å². The molecule has 0 spiro atoms. The molecule has 1 aromatic heterocycles. The minimum absolute atomic E-state index is 0.107. The van der Waals surface area contributed by atoms with Crippen molar-refractivity contribution in [3.05, 3.63) is 71.9 Å². The number of hydrogen-bond acceptors (Lipinski definition) is 7. The number of ether oxygens (including phenoxy) is 2. The highest BCUT2D eigenvalue weighted by Crippen LogP contribution is 2.30. The highest BCUT2D eigenvalue weighted by atomic mass is 32.2. The van der Waals surface area contributed by atoms with Crippen LogP contribution in [0.3, 0.4) is 0 Å². The molecule has 0 N–H and O–H groups in total. The number of hydrogen-bond donors (Lipinski definition) is 0. The van der Waals surface area contributed by atoms with Crippen LogP contribution in [0.25, 0.3) is 0 Å². The van der Waals surface area contributed by atoms with Crippen LogP contribution >= 0.6 is 0 Å². The average molecular weight is 429 g/mol. The first-order chi connectivity index (χ1) is 14.6. The standard InChI is InChI=1S/C21H23N3O5S/c1-27-18-7-9-19(10-8-18)30(25,26)24-12-11-17(13-24)21-22-20(29-23-21)15-28-14-16-5-3-2-4-6-16/h2-10,17H,11-15H2,1H3. The van der Waals surface area contributed by atoms with Gasteiger partial charge in [-0.1, -0.05) is 35.5 Å². The Labute approximate surface area is 175 Å². The molecule has 2 aromatic carbocycles. The second kappa shape index (κ2) is 8.95. The summed E-state index contributed by atoms with van der Waals surface area (Å²) in [5.74, 6) is 1.41. The molecule has 0 amide bonds. The van der Waals surface area contributed by atoms with Gasteiger partial charge in [-0.25, -0.2) is 8.42 Å². The van der Waals surface area contributed by atoms with Crippen LogP contribution in [-0.2, 0) is 28.0 Å². The highest BCUT2D eigenvalue weighted by Gasteiger charge is 2.35. The molecular formula is C21H23N3O5S. The van der Waals surface area contributed by atoms with Gasteiger partial charge < -0.3 is 14.0 Å². The Balaban J connectivity index is 1.35. The van der Waals surface area contributed by atoms with Gasteiger partial charge >= 0.3 is 0 Å². The summed E-state index contributed by atoms with van der Waals surface area (Å²) in [5, 5.41) is 4.03. The molecule has 158 valence electrons. The van der Waals surface area contributed by atoms with Crippen molar-refractivity contribution in [2.24, 2.45) is 0 Å². The smallest absolute Gasteiger partial charge is 0.252 e. The van der Waals surface area contributed by atoms with Crippen LogP contribution in [-0.4, -0.2) is 43.1 Å². The molecule has 1 aliphatic heterocycles. The lowest BCUT2D eigenvalue weighted by Gasteiger charge is -2.16. The third-order valence-electron chi connectivity index (χ3n) is 5.03. The van der Waals surface area contributed by atoms with E-state index in [-0.39, 0.29) is 17.4 Å². The second-order valence-corrected chi connectivity index (χ2v) is 8.99. The Morgan fingerprint density at radius 1 is 1.10 bits per heavy atom. The first kappa shape index (κ1) is 20.5. The summed E-state index contributed by atoms with van der Waals surface area (Å²) in [4.78, 5) is 4.64. The van der Waals surface area contributed by atoms with E-state index in [4.69, 9.17) is 14.0 Å². The Hall–Kier alpha value is -2.75. The molecule has 9 heteroatoms. The summed E-state index contributed by atoms with van der Waals surface area (Å²) in [5.41, 5.74) is 1.06. The van der Waals surface area contributed by atoms with Gasteiger partial charge in [0.2, 0.25) is 10.0 Å². The average Bonchev–Trinajstić information content (AvgIpc) is 3.45. The highest BCUT2D eigenvalue weighted by molar-refractivity contribution is 7.89. The van der Waals surface area contributed by atoms with Crippen LogP contribution < -0.4 is 4.74 Å². The van der Waals surface area contributed by atoms with Crippen LogP contribution in [0.5, 0.6) is 5.75 Å². The molecule has 1 saturated heterocycles. The Morgan fingerprint density at radius 2 is 1.87 bits per heavy atom. The predicted molar refractivity (Wildman–Crippen MR) is 108 cm³/mol. The SMILES string of the molecule is COc1ccc(S(=O)(=O)N2CCC(c3noc(COCc4ccccc4)n3)C2)cc1. The fourth-order valence-electron chi connectivity index (χ4n) is 3.38. The molecule has 0 saturated carbocycles. The summed E-state index contributed by atoms with van der Waals surface area (Å²) in [6, 6.07) is 16.2. The van der Waals surface area contributed by atoms with Crippen LogP contribution in [0.4, 0.5) is 0 Å². The van der Waals surface area contributed by atoms with Crippen molar-refractivity contribution in [1.82, 2.24) is 14.4 Å². The fraction of sp³-hybridized carbons (Fsp3) is 0.333. The minimum Gasteiger partial charge on any atom is -0.497 e. The number of benzene rings is 2. The van der Waals surface area contributed by atoms with E-state index in [0.717, 1.165) is 5.56 Å². The van der Waals surface area contributed by atoms with Crippen molar-refractivity contribution in [1.29, 1.82) is 0 Å². The Kier molecular flexibility index (Phi) is 6.12. The lowest BCUT2D eigenvalue weighted by atomic mass is 10.1. The molecule has 4 rings (SSSR count). The summed E-state index contributed by atoms with van der Waals surface area (Å²) in [7, 11) is -2.03. The van der Waals surface area contributed by atoms with E-state index in [0.29, 0.717) is 43.6 Å². The molecule has 2 heterocycles. The number of methoxy groups -OCH3 is 1. The van der Waals surface area contributed by atoms with Crippen molar-refractivity contribution in [2.75, 3.05) is 20.2 Å². The van der Waals surface area contributed by atoms with Crippen molar-refractivity contribution in [3.63, 3.8) is 0 Å². The second-order valence-electron chi connectivity index (χ2n) is 7.05. The van der Waals surface area contributed by atoms with E-state index in [1.54, 1.807) is 31.4 Å². The maximum atomic E-state index is 12.9. The Bertz CT molecular complexity index is 1070. The lowest BCUT2D eigenvalue weighted by molar-refractivity contribution is 0.0850. The normalized spacial score (nSPS) is 17.3. The molecule has 1 aliphatic rings. The molecular weight excluding hydrogens is 406 g/mol. The van der Waals surface area contributed by atoms with Gasteiger partial charge in [-0.2, -0.15) is 9.29 Å². The van der Waals surface area contributed by atoms with Crippen molar-refractivity contribution < 1.29 is 22.4 Å². The predicted octanol–water partition coefficient (Wildman–Crippen LogP) is 2.97. The van der Waals surface area contributed by atoms with Gasteiger partial charge in [0.05, 0.1) is 18.6 Å². The van der Waals surface area contributed by atoms with Crippen LogP contribution in [0.1, 0.15) is 29.6 Å². The zero-order chi connectivity index (χ0) is 21.0. The lowest BCUT2D eigenvalue weighted by Crippen LogP contribution is -2.28. The molecule has 0 bridgehead atoms. The molecule has 0 aliphatic carbocycles. The van der Waals surface area contributed by atoms with Gasteiger partial charge in [-0.3, -0.25) is 0 Å². The van der Waals surface area contributed by atoms with Crippen LogP contribution in [0.15, 0.2) is 64.0 Å². The van der Waals surface area contributed by atoms with Gasteiger partial charge in [-0.05, 0) is 36.2 Å². The fourth-order valence-corrected chi connectivity index (χ4v) is 4.88. The van der Waals surface area contributed by atoms with E-state index < -0.39 is 10.0 Å². The first-order valence-electron chi connectivity index (χ1n) is 9.64. The minimum atomic E-state index is -3.58. The summed E-state index contributed by atoms with van der Waals surface area (Å²) in [6.07, 6.45) is 0.638. The maximum absolute atomic E-state index is 12.9. The van der Waals surface area contributed by atoms with E-state index in [1.165, 1.54) is 4.31 Å². The largest absolute Gasteiger partial charge is 0.497 e. The number of rotatable bonds is 8. The van der Waals surface area contributed by atoms with Crippen LogP contribution in [0.2, 0.25) is 0 Å². The number of sulfonamides is 1. The summed E-state index contributed by atoms with van der Waals surface area (Å²) < 4.78 is 43.2. The van der Waals surface area contributed by atoms with Gasteiger partial charge in [0.15, 0.2) is 5.82 Å². The molecule has 1 fully saturated rings. The third kappa shape index (κ3) is 4.53.